The zero-order valence-corrected chi connectivity index (χ0v) is 8.90. The maximum atomic E-state index is 9.71. The molecule has 0 bridgehead atoms. The number of hydrogen-bond acceptors (Lipinski definition) is 5. The largest absolute Gasteiger partial charge is 0.504 e. The van der Waals surface area contributed by atoms with Crippen LogP contribution in [0, 0.1) is 0 Å². The standard InChI is InChI=1S/C10H15N3O2/c1-3-4-12-8(9(14)7(2)11)10-13-5-6-15-10/h5-6,14H,3-4,11H2,1-2H3/b9-7+,12-8?. The van der Waals surface area contributed by atoms with Crippen molar-refractivity contribution in [2.45, 2.75) is 20.3 Å². The summed E-state index contributed by atoms with van der Waals surface area (Å²) in [6, 6.07) is 0. The van der Waals surface area contributed by atoms with E-state index in [0.29, 0.717) is 18.0 Å². The number of allylic oxidation sites excluding steroid dienone is 2. The normalized spacial score (nSPS) is 13.9. The van der Waals surface area contributed by atoms with Gasteiger partial charge in [0, 0.05) is 12.2 Å². The summed E-state index contributed by atoms with van der Waals surface area (Å²) in [7, 11) is 0. The van der Waals surface area contributed by atoms with Gasteiger partial charge in [-0.1, -0.05) is 6.92 Å². The predicted octanol–water partition coefficient (Wildman–Crippen LogP) is 1.62. The molecule has 0 amide bonds. The van der Waals surface area contributed by atoms with Crippen LogP contribution in [0.25, 0.3) is 0 Å². The molecule has 1 rings (SSSR count). The summed E-state index contributed by atoms with van der Waals surface area (Å²) < 4.78 is 5.07. The number of aliphatic hydroxyl groups excluding tert-OH is 1. The maximum Gasteiger partial charge on any atom is 0.248 e. The summed E-state index contributed by atoms with van der Waals surface area (Å²) in [4.78, 5) is 8.10. The van der Waals surface area contributed by atoms with Crippen LogP contribution < -0.4 is 5.73 Å². The van der Waals surface area contributed by atoms with Gasteiger partial charge in [-0.25, -0.2) is 4.98 Å². The van der Waals surface area contributed by atoms with Gasteiger partial charge in [0.05, 0.1) is 6.20 Å². The van der Waals surface area contributed by atoms with Gasteiger partial charge in [0.1, 0.15) is 6.26 Å². The first-order chi connectivity index (χ1) is 7.16. The van der Waals surface area contributed by atoms with Gasteiger partial charge < -0.3 is 15.3 Å². The minimum Gasteiger partial charge on any atom is -0.504 e. The van der Waals surface area contributed by atoms with Gasteiger partial charge in [0.15, 0.2) is 11.5 Å². The first kappa shape index (κ1) is 11.3. The third-order valence-corrected chi connectivity index (χ3v) is 1.73. The van der Waals surface area contributed by atoms with E-state index in [2.05, 4.69) is 9.98 Å². The molecule has 0 spiro atoms. The van der Waals surface area contributed by atoms with Crippen LogP contribution in [0.15, 0.2) is 33.3 Å². The molecule has 1 aromatic heterocycles. The van der Waals surface area contributed by atoms with Gasteiger partial charge in [-0.15, -0.1) is 0 Å². The predicted molar refractivity (Wildman–Crippen MR) is 57.7 cm³/mol. The number of aliphatic imine (C=N–C) groups is 1. The molecule has 1 heterocycles. The smallest absolute Gasteiger partial charge is 0.248 e. The van der Waals surface area contributed by atoms with E-state index in [4.69, 9.17) is 10.2 Å². The molecule has 1 aromatic rings. The molecule has 0 atom stereocenters. The van der Waals surface area contributed by atoms with Crippen molar-refractivity contribution >= 4 is 5.71 Å². The number of nitrogens with zero attached hydrogens (tertiary/aromatic N) is 2. The summed E-state index contributed by atoms with van der Waals surface area (Å²) in [5.74, 6) is 0.205. The van der Waals surface area contributed by atoms with Crippen molar-refractivity contribution in [3.05, 3.63) is 29.8 Å². The van der Waals surface area contributed by atoms with E-state index in [1.54, 1.807) is 6.92 Å². The minimum absolute atomic E-state index is 0.0779. The van der Waals surface area contributed by atoms with Crippen molar-refractivity contribution in [3.8, 4) is 0 Å². The molecule has 82 valence electrons. The fourth-order valence-electron chi connectivity index (χ4n) is 0.995. The Bertz CT molecular complexity index is 362. The van der Waals surface area contributed by atoms with E-state index in [1.807, 2.05) is 6.92 Å². The topological polar surface area (TPSA) is 84.6 Å². The zero-order valence-electron chi connectivity index (χ0n) is 8.90. The van der Waals surface area contributed by atoms with Crippen molar-refractivity contribution in [1.82, 2.24) is 4.98 Å². The summed E-state index contributed by atoms with van der Waals surface area (Å²) in [5, 5.41) is 9.71. The lowest BCUT2D eigenvalue weighted by Crippen LogP contribution is -2.11. The average Bonchev–Trinajstić information content (AvgIpc) is 2.71. The van der Waals surface area contributed by atoms with Crippen LogP contribution >= 0.6 is 0 Å². The van der Waals surface area contributed by atoms with Gasteiger partial charge in [-0.2, -0.15) is 0 Å². The van der Waals surface area contributed by atoms with Gasteiger partial charge in [-0.05, 0) is 13.3 Å². The molecule has 0 saturated heterocycles. The highest BCUT2D eigenvalue weighted by molar-refractivity contribution is 6.08. The molecule has 0 aliphatic carbocycles. The molecule has 0 aliphatic rings. The number of aromatic nitrogens is 1. The van der Waals surface area contributed by atoms with E-state index in [-0.39, 0.29) is 11.6 Å². The Hall–Kier alpha value is -1.78. The second kappa shape index (κ2) is 5.19. The molecule has 0 fully saturated rings. The third kappa shape index (κ3) is 2.83. The van der Waals surface area contributed by atoms with Gasteiger partial charge >= 0.3 is 0 Å². The van der Waals surface area contributed by atoms with Crippen LogP contribution in [0.3, 0.4) is 0 Å². The summed E-state index contributed by atoms with van der Waals surface area (Å²) in [5.41, 5.74) is 6.10. The first-order valence-electron chi connectivity index (χ1n) is 4.76. The lowest BCUT2D eigenvalue weighted by Gasteiger charge is -2.03. The number of rotatable bonds is 4. The van der Waals surface area contributed by atoms with Crippen molar-refractivity contribution in [3.63, 3.8) is 0 Å². The second-order valence-electron chi connectivity index (χ2n) is 3.10. The van der Waals surface area contributed by atoms with Crippen molar-refractivity contribution in [2.24, 2.45) is 10.7 Å². The highest BCUT2D eigenvalue weighted by Gasteiger charge is 2.14. The lowest BCUT2D eigenvalue weighted by atomic mass is 10.2. The molecule has 0 aliphatic heterocycles. The van der Waals surface area contributed by atoms with Crippen LogP contribution in [0.2, 0.25) is 0 Å². The van der Waals surface area contributed by atoms with Crippen LogP contribution in [0.4, 0.5) is 0 Å². The average molecular weight is 209 g/mol. The monoisotopic (exact) mass is 209 g/mol. The van der Waals surface area contributed by atoms with E-state index in [1.165, 1.54) is 12.5 Å². The van der Waals surface area contributed by atoms with Crippen LogP contribution in [-0.2, 0) is 0 Å². The Labute approximate surface area is 88.3 Å². The van der Waals surface area contributed by atoms with E-state index >= 15 is 0 Å². The van der Waals surface area contributed by atoms with E-state index < -0.39 is 0 Å². The van der Waals surface area contributed by atoms with Crippen LogP contribution in [0.5, 0.6) is 0 Å². The summed E-state index contributed by atoms with van der Waals surface area (Å²) in [6.45, 7) is 4.18. The maximum absolute atomic E-state index is 9.71. The fraction of sp³-hybridized carbons (Fsp3) is 0.400. The lowest BCUT2D eigenvalue weighted by molar-refractivity contribution is 0.430. The molecule has 0 aromatic carbocycles. The first-order valence-corrected chi connectivity index (χ1v) is 4.76. The highest BCUT2D eigenvalue weighted by atomic mass is 16.3. The minimum atomic E-state index is -0.0779. The Morgan fingerprint density at radius 2 is 2.40 bits per heavy atom. The highest BCUT2D eigenvalue weighted by Crippen LogP contribution is 2.07. The molecular weight excluding hydrogens is 194 g/mol. The van der Waals surface area contributed by atoms with E-state index in [9.17, 15) is 5.11 Å². The number of hydrogen-bond donors (Lipinski definition) is 2. The molecule has 5 nitrogen and oxygen atoms in total. The number of nitrogens with two attached hydrogens (primary N) is 1. The molecule has 3 N–H and O–H groups in total. The fourth-order valence-corrected chi connectivity index (χ4v) is 0.995. The molecule has 0 saturated carbocycles. The Morgan fingerprint density at radius 1 is 1.67 bits per heavy atom. The number of aliphatic hydroxyl groups is 1. The Balaban J connectivity index is 3.05. The van der Waals surface area contributed by atoms with Gasteiger partial charge in [0.25, 0.3) is 0 Å². The van der Waals surface area contributed by atoms with Crippen LogP contribution in [-0.4, -0.2) is 22.3 Å². The molecule has 15 heavy (non-hydrogen) atoms. The summed E-state index contributed by atoms with van der Waals surface area (Å²) in [6.07, 6.45) is 3.80. The third-order valence-electron chi connectivity index (χ3n) is 1.73. The molecule has 0 radical (unpaired) electrons. The Kier molecular flexibility index (Phi) is 3.91. The van der Waals surface area contributed by atoms with Crippen molar-refractivity contribution < 1.29 is 9.52 Å². The molecular formula is C10H15N3O2. The quantitative estimate of drug-likeness (QED) is 0.583. The van der Waals surface area contributed by atoms with E-state index in [0.717, 1.165) is 6.42 Å². The zero-order chi connectivity index (χ0) is 11.3. The molecule has 5 heteroatoms. The van der Waals surface area contributed by atoms with Crippen LogP contribution in [0.1, 0.15) is 26.2 Å². The SMILES string of the molecule is CCCN=C(/C(O)=C(/C)N)c1ncco1. The van der Waals surface area contributed by atoms with Crippen molar-refractivity contribution in [1.29, 1.82) is 0 Å². The Morgan fingerprint density at radius 3 is 2.87 bits per heavy atom. The summed E-state index contributed by atoms with van der Waals surface area (Å²) >= 11 is 0. The van der Waals surface area contributed by atoms with Gasteiger partial charge in [0.2, 0.25) is 5.89 Å². The van der Waals surface area contributed by atoms with Gasteiger partial charge in [-0.3, -0.25) is 4.99 Å². The molecule has 0 unspecified atom stereocenters. The van der Waals surface area contributed by atoms with Crippen molar-refractivity contribution in [2.75, 3.05) is 6.54 Å². The second-order valence-corrected chi connectivity index (χ2v) is 3.10. The number of oxazole rings is 1.